The Labute approximate surface area is 80.6 Å². The summed E-state index contributed by atoms with van der Waals surface area (Å²) in [5, 5.41) is 16.6. The first kappa shape index (κ1) is 9.86. The molecule has 70 valence electrons. The van der Waals surface area contributed by atoms with E-state index in [1.54, 1.807) is 12.1 Å². The molecule has 1 unspecified atom stereocenters. The number of carboxylic acid groups (broad SMARTS) is 1. The average Bonchev–Trinajstić information content (AvgIpc) is 2.04. The molecule has 0 heterocycles. The second kappa shape index (κ2) is 4.14. The van der Waals surface area contributed by atoms with E-state index in [4.69, 9.17) is 21.8 Å². The maximum absolute atomic E-state index is 10.4. The molecule has 0 radical (unpaired) electrons. The molecule has 0 aliphatic rings. The van der Waals surface area contributed by atoms with E-state index in [1.807, 2.05) is 0 Å². The number of hydrogen-bond donors (Lipinski definition) is 2. The van der Waals surface area contributed by atoms with Crippen molar-refractivity contribution in [3.63, 3.8) is 0 Å². The molecule has 0 aliphatic carbocycles. The van der Waals surface area contributed by atoms with Crippen LogP contribution < -0.4 is 0 Å². The number of aliphatic carboxylic acids is 1. The fraction of sp³-hybridized carbons (Fsp3) is 0.222. The number of carbonyl (C=O) groups is 1. The minimum Gasteiger partial charge on any atom is -0.508 e. The highest BCUT2D eigenvalue weighted by atomic mass is 35.5. The van der Waals surface area contributed by atoms with Crippen LogP contribution in [0.15, 0.2) is 24.3 Å². The molecule has 0 saturated heterocycles. The standard InChI is InChI=1S/C9H9ClO3/c10-8(9(12)13)5-6-2-1-3-7(11)4-6/h1-4,8,11H,5H2,(H,12,13). The summed E-state index contributed by atoms with van der Waals surface area (Å²) in [5.41, 5.74) is 0.711. The Bertz CT molecular complexity index is 311. The van der Waals surface area contributed by atoms with Gasteiger partial charge in [0.2, 0.25) is 0 Å². The molecule has 4 heteroatoms. The number of rotatable bonds is 3. The van der Waals surface area contributed by atoms with E-state index in [-0.39, 0.29) is 12.2 Å². The number of benzene rings is 1. The van der Waals surface area contributed by atoms with Crippen LogP contribution in [0.4, 0.5) is 0 Å². The van der Waals surface area contributed by atoms with Gasteiger partial charge >= 0.3 is 5.97 Å². The molecule has 1 aromatic rings. The summed E-state index contributed by atoms with van der Waals surface area (Å²) in [6.45, 7) is 0. The van der Waals surface area contributed by atoms with Gasteiger partial charge < -0.3 is 10.2 Å². The van der Waals surface area contributed by atoms with E-state index >= 15 is 0 Å². The van der Waals surface area contributed by atoms with Crippen LogP contribution in [0.2, 0.25) is 0 Å². The Morgan fingerprint density at radius 3 is 2.77 bits per heavy atom. The van der Waals surface area contributed by atoms with Crippen molar-refractivity contribution in [2.75, 3.05) is 0 Å². The van der Waals surface area contributed by atoms with Crippen LogP contribution in [-0.2, 0) is 11.2 Å². The fourth-order valence-corrected chi connectivity index (χ4v) is 1.16. The minimum atomic E-state index is -1.05. The van der Waals surface area contributed by atoms with Crippen LogP contribution in [0.3, 0.4) is 0 Å². The number of alkyl halides is 1. The van der Waals surface area contributed by atoms with Crippen molar-refractivity contribution in [2.24, 2.45) is 0 Å². The van der Waals surface area contributed by atoms with Gasteiger partial charge in [-0.05, 0) is 24.1 Å². The normalized spacial score (nSPS) is 12.4. The van der Waals surface area contributed by atoms with Crippen LogP contribution in [0.25, 0.3) is 0 Å². The van der Waals surface area contributed by atoms with Crippen LogP contribution in [-0.4, -0.2) is 21.6 Å². The van der Waals surface area contributed by atoms with Crippen LogP contribution in [0, 0.1) is 0 Å². The van der Waals surface area contributed by atoms with Crippen LogP contribution in [0.5, 0.6) is 5.75 Å². The molecule has 0 spiro atoms. The molecule has 0 saturated carbocycles. The van der Waals surface area contributed by atoms with Gasteiger partial charge in [0.05, 0.1) is 0 Å². The number of carboxylic acids is 1. The van der Waals surface area contributed by atoms with E-state index in [2.05, 4.69) is 0 Å². The lowest BCUT2D eigenvalue weighted by Gasteiger charge is -2.04. The summed E-state index contributed by atoms with van der Waals surface area (Å²) in [5.74, 6) is -0.934. The summed E-state index contributed by atoms with van der Waals surface area (Å²) in [7, 11) is 0. The van der Waals surface area contributed by atoms with Crippen molar-refractivity contribution in [2.45, 2.75) is 11.8 Å². The summed E-state index contributed by atoms with van der Waals surface area (Å²) >= 11 is 5.52. The van der Waals surface area contributed by atoms with E-state index in [0.29, 0.717) is 5.56 Å². The third-order valence-corrected chi connectivity index (χ3v) is 1.93. The quantitative estimate of drug-likeness (QED) is 0.730. The van der Waals surface area contributed by atoms with Crippen LogP contribution in [0.1, 0.15) is 5.56 Å². The zero-order chi connectivity index (χ0) is 9.84. The van der Waals surface area contributed by atoms with E-state index < -0.39 is 11.3 Å². The van der Waals surface area contributed by atoms with Gasteiger partial charge in [-0.25, -0.2) is 0 Å². The van der Waals surface area contributed by atoms with Gasteiger partial charge in [0.15, 0.2) is 0 Å². The zero-order valence-corrected chi connectivity index (χ0v) is 7.53. The smallest absolute Gasteiger partial charge is 0.321 e. The summed E-state index contributed by atoms with van der Waals surface area (Å²) < 4.78 is 0. The molecular weight excluding hydrogens is 192 g/mol. The SMILES string of the molecule is O=C(O)C(Cl)Cc1cccc(O)c1. The van der Waals surface area contributed by atoms with Gasteiger partial charge in [0.25, 0.3) is 0 Å². The highest BCUT2D eigenvalue weighted by Gasteiger charge is 2.13. The summed E-state index contributed by atoms with van der Waals surface area (Å²) in [4.78, 5) is 10.4. The van der Waals surface area contributed by atoms with E-state index in [0.717, 1.165) is 0 Å². The van der Waals surface area contributed by atoms with Crippen molar-refractivity contribution in [1.29, 1.82) is 0 Å². The van der Waals surface area contributed by atoms with Crippen molar-refractivity contribution >= 4 is 17.6 Å². The van der Waals surface area contributed by atoms with Crippen LogP contribution >= 0.6 is 11.6 Å². The van der Waals surface area contributed by atoms with Gasteiger partial charge in [0.1, 0.15) is 11.1 Å². The number of aromatic hydroxyl groups is 1. The predicted octanol–water partition coefficient (Wildman–Crippen LogP) is 1.63. The second-order valence-corrected chi connectivity index (χ2v) is 3.21. The molecule has 0 aliphatic heterocycles. The van der Waals surface area contributed by atoms with Gasteiger partial charge in [-0.2, -0.15) is 0 Å². The summed E-state index contributed by atoms with van der Waals surface area (Å²) in [6, 6.07) is 6.39. The lowest BCUT2D eigenvalue weighted by Crippen LogP contribution is -2.15. The molecule has 0 bridgehead atoms. The van der Waals surface area contributed by atoms with E-state index in [1.165, 1.54) is 12.1 Å². The zero-order valence-electron chi connectivity index (χ0n) is 6.77. The third-order valence-electron chi connectivity index (χ3n) is 1.59. The molecule has 2 N–H and O–H groups in total. The lowest BCUT2D eigenvalue weighted by atomic mass is 10.1. The number of phenolic OH excluding ortho intramolecular Hbond substituents is 1. The molecule has 1 atom stereocenters. The molecular formula is C9H9ClO3. The lowest BCUT2D eigenvalue weighted by molar-refractivity contribution is -0.136. The minimum absolute atomic E-state index is 0.117. The van der Waals surface area contributed by atoms with Crippen molar-refractivity contribution in [1.82, 2.24) is 0 Å². The number of halogens is 1. The topological polar surface area (TPSA) is 57.5 Å². The van der Waals surface area contributed by atoms with E-state index in [9.17, 15) is 4.79 Å². The van der Waals surface area contributed by atoms with Gasteiger partial charge in [-0.1, -0.05) is 12.1 Å². The Morgan fingerprint density at radius 2 is 2.23 bits per heavy atom. The molecule has 0 amide bonds. The van der Waals surface area contributed by atoms with Crippen molar-refractivity contribution in [3.8, 4) is 5.75 Å². The highest BCUT2D eigenvalue weighted by Crippen LogP contribution is 2.14. The monoisotopic (exact) mass is 200 g/mol. The average molecular weight is 201 g/mol. The van der Waals surface area contributed by atoms with Gasteiger partial charge in [-0.3, -0.25) is 4.79 Å². The van der Waals surface area contributed by atoms with Crippen molar-refractivity contribution < 1.29 is 15.0 Å². The maximum Gasteiger partial charge on any atom is 0.321 e. The Balaban J connectivity index is 2.69. The van der Waals surface area contributed by atoms with Gasteiger partial charge in [0, 0.05) is 0 Å². The fourth-order valence-electron chi connectivity index (χ4n) is 0.978. The molecule has 1 rings (SSSR count). The maximum atomic E-state index is 10.4. The first-order valence-corrected chi connectivity index (χ1v) is 4.18. The Hall–Kier alpha value is -1.22. The Morgan fingerprint density at radius 1 is 1.54 bits per heavy atom. The highest BCUT2D eigenvalue weighted by molar-refractivity contribution is 6.29. The number of hydrogen-bond acceptors (Lipinski definition) is 2. The number of phenols is 1. The predicted molar refractivity (Wildman–Crippen MR) is 49.1 cm³/mol. The van der Waals surface area contributed by atoms with Gasteiger partial charge in [-0.15, -0.1) is 11.6 Å². The molecule has 0 fully saturated rings. The van der Waals surface area contributed by atoms with Crippen molar-refractivity contribution in [3.05, 3.63) is 29.8 Å². The molecule has 1 aromatic carbocycles. The second-order valence-electron chi connectivity index (χ2n) is 2.68. The first-order chi connectivity index (χ1) is 6.09. The Kier molecular flexibility index (Phi) is 3.14. The summed E-state index contributed by atoms with van der Waals surface area (Å²) in [6.07, 6.45) is 0.214. The molecule has 13 heavy (non-hydrogen) atoms. The largest absolute Gasteiger partial charge is 0.508 e. The third kappa shape index (κ3) is 2.95. The first-order valence-electron chi connectivity index (χ1n) is 3.74. The molecule has 0 aromatic heterocycles. The molecule has 3 nitrogen and oxygen atoms in total.